The first-order valence-electron chi connectivity index (χ1n) is 14.7. The Morgan fingerprint density at radius 3 is 2.82 bits per heavy atom. The molecule has 7 rings (SSSR count). The maximum Gasteiger partial charge on any atom is 0.319 e. The molecule has 3 aliphatic rings. The Morgan fingerprint density at radius 1 is 1.14 bits per heavy atom. The van der Waals surface area contributed by atoms with Crippen molar-refractivity contribution < 1.29 is 32.9 Å². The second kappa shape index (κ2) is 10.9. The zero-order valence-electron chi connectivity index (χ0n) is 24.1. The fourth-order valence-electron chi connectivity index (χ4n) is 7.06. The summed E-state index contributed by atoms with van der Waals surface area (Å²) in [4.78, 5) is 13.1. The molecular weight excluding hydrogens is 597 g/mol. The Balaban J connectivity index is 1.38. The van der Waals surface area contributed by atoms with E-state index in [9.17, 15) is 19.0 Å². The summed E-state index contributed by atoms with van der Waals surface area (Å²) in [5.41, 5.74) is -1.49. The first kappa shape index (κ1) is 29.3. The van der Waals surface area contributed by atoms with E-state index < -0.39 is 28.9 Å². The van der Waals surface area contributed by atoms with E-state index in [1.54, 1.807) is 13.0 Å². The SMILES string of the molecule is C[C@@]1(O)COCCN(c2nc(OC[C@@]34CCCN3C[C@H](F)C4)nc3c(F)c(-c4cc(O)cc5ccc(F)c(Cl)c45)ccc23)C1. The number of fused-ring (bicyclic) bond motifs is 3. The van der Waals surface area contributed by atoms with E-state index in [-0.39, 0.29) is 58.6 Å². The topological polar surface area (TPSA) is 91.2 Å². The first-order valence-corrected chi connectivity index (χ1v) is 15.1. The van der Waals surface area contributed by atoms with Crippen LogP contribution in [0.3, 0.4) is 0 Å². The summed E-state index contributed by atoms with van der Waals surface area (Å²) in [5.74, 6) is -1.21. The number of alkyl halides is 1. The Hall–Kier alpha value is -3.38. The molecule has 44 heavy (non-hydrogen) atoms. The van der Waals surface area contributed by atoms with Gasteiger partial charge in [-0.15, -0.1) is 0 Å². The molecule has 3 aromatic carbocycles. The van der Waals surface area contributed by atoms with Gasteiger partial charge in [0.25, 0.3) is 0 Å². The maximum absolute atomic E-state index is 16.7. The summed E-state index contributed by atoms with van der Waals surface area (Å²) in [6, 6.07) is 8.51. The van der Waals surface area contributed by atoms with Crippen molar-refractivity contribution in [2.45, 2.75) is 43.5 Å². The minimum Gasteiger partial charge on any atom is -0.508 e. The number of aliphatic hydroxyl groups is 1. The van der Waals surface area contributed by atoms with Gasteiger partial charge < -0.3 is 24.6 Å². The highest BCUT2D eigenvalue weighted by atomic mass is 35.5. The number of aromatic nitrogens is 2. The Labute approximate surface area is 257 Å². The summed E-state index contributed by atoms with van der Waals surface area (Å²) < 4.78 is 57.4. The number of phenolic OH excluding ortho intramolecular Hbond substituents is 1. The number of phenols is 1. The maximum atomic E-state index is 16.7. The molecular formula is C32H32ClF3N4O4. The van der Waals surface area contributed by atoms with Crippen molar-refractivity contribution in [3.05, 3.63) is 53.1 Å². The largest absolute Gasteiger partial charge is 0.508 e. The molecule has 0 bridgehead atoms. The number of hydrogen-bond donors (Lipinski definition) is 2. The summed E-state index contributed by atoms with van der Waals surface area (Å²) in [6.45, 7) is 3.92. The van der Waals surface area contributed by atoms with Gasteiger partial charge in [-0.3, -0.25) is 4.90 Å². The first-order chi connectivity index (χ1) is 21.0. The number of anilines is 1. The Bertz CT molecular complexity index is 1780. The van der Waals surface area contributed by atoms with Gasteiger partial charge in [0, 0.05) is 35.8 Å². The van der Waals surface area contributed by atoms with Crippen molar-refractivity contribution in [1.29, 1.82) is 0 Å². The van der Waals surface area contributed by atoms with Gasteiger partial charge in [0.2, 0.25) is 0 Å². The molecule has 3 fully saturated rings. The molecule has 0 aliphatic carbocycles. The molecule has 4 aromatic rings. The molecule has 0 spiro atoms. The van der Waals surface area contributed by atoms with Crippen LogP contribution in [0, 0.1) is 11.6 Å². The molecule has 0 radical (unpaired) electrons. The lowest BCUT2D eigenvalue weighted by Crippen LogP contribution is -2.44. The van der Waals surface area contributed by atoms with E-state index in [4.69, 9.17) is 26.1 Å². The molecule has 3 aliphatic heterocycles. The highest BCUT2D eigenvalue weighted by Crippen LogP contribution is 2.43. The van der Waals surface area contributed by atoms with Crippen LogP contribution in [0.4, 0.5) is 19.0 Å². The van der Waals surface area contributed by atoms with Gasteiger partial charge in [-0.1, -0.05) is 23.7 Å². The standard InChI is InChI=1S/C32H32ClF3N4O4/c1-31(42)15-39(9-10-43-16-31)29-22-5-4-21(23-12-20(41)11-18-3-6-24(35)26(33)25(18)23)27(36)28(22)37-30(38-29)44-17-32-7-2-8-40(32)14-19(34)13-32/h3-6,11-12,19,41-42H,2,7-10,13-17H2,1H3/t19-,31+,32+/m1/s1. The highest BCUT2D eigenvalue weighted by molar-refractivity contribution is 6.37. The third-order valence-electron chi connectivity index (χ3n) is 9.03. The van der Waals surface area contributed by atoms with Crippen molar-refractivity contribution in [3.8, 4) is 22.9 Å². The van der Waals surface area contributed by atoms with Crippen LogP contribution in [0.5, 0.6) is 11.8 Å². The predicted octanol–water partition coefficient (Wildman–Crippen LogP) is 5.63. The summed E-state index contributed by atoms with van der Waals surface area (Å²) in [6.07, 6.45) is 1.11. The summed E-state index contributed by atoms with van der Waals surface area (Å²) in [5, 5.41) is 22.2. The average molecular weight is 629 g/mol. The van der Waals surface area contributed by atoms with Gasteiger partial charge in [-0.05, 0) is 61.5 Å². The number of nitrogens with zero attached hydrogens (tertiary/aromatic N) is 4. The zero-order chi connectivity index (χ0) is 30.8. The van der Waals surface area contributed by atoms with Crippen LogP contribution in [0.15, 0.2) is 36.4 Å². The normalized spacial score (nSPS) is 26.0. The molecule has 0 saturated carbocycles. The number of rotatable bonds is 5. The molecule has 4 heterocycles. The average Bonchev–Trinajstić information content (AvgIpc) is 3.43. The Kier molecular flexibility index (Phi) is 7.27. The van der Waals surface area contributed by atoms with Crippen LogP contribution in [0.25, 0.3) is 32.8 Å². The second-order valence-corrected chi connectivity index (χ2v) is 12.8. The van der Waals surface area contributed by atoms with E-state index in [1.807, 2.05) is 4.90 Å². The fraction of sp³-hybridized carbons (Fsp3) is 0.438. The number of β-amino-alcohol motifs (C(OH)–C–C–N with tert-alkyl or cyclic N) is 1. The van der Waals surface area contributed by atoms with E-state index in [2.05, 4.69) is 9.88 Å². The van der Waals surface area contributed by atoms with Crippen LogP contribution in [0.1, 0.15) is 26.2 Å². The molecule has 8 nitrogen and oxygen atoms in total. The smallest absolute Gasteiger partial charge is 0.319 e. The molecule has 3 saturated heterocycles. The molecule has 3 atom stereocenters. The predicted molar refractivity (Wildman–Crippen MR) is 161 cm³/mol. The van der Waals surface area contributed by atoms with E-state index in [0.29, 0.717) is 42.7 Å². The van der Waals surface area contributed by atoms with Gasteiger partial charge in [-0.25, -0.2) is 13.2 Å². The number of benzene rings is 3. The molecule has 1 aromatic heterocycles. The fourth-order valence-corrected chi connectivity index (χ4v) is 7.34. The van der Waals surface area contributed by atoms with Gasteiger partial charge in [0.05, 0.1) is 30.3 Å². The lowest BCUT2D eigenvalue weighted by molar-refractivity contribution is -0.0123. The molecule has 12 heteroatoms. The lowest BCUT2D eigenvalue weighted by Gasteiger charge is -2.31. The van der Waals surface area contributed by atoms with Crippen LogP contribution in [-0.4, -0.2) is 88.4 Å². The minimum absolute atomic E-state index is 0.0457. The minimum atomic E-state index is -1.20. The zero-order valence-corrected chi connectivity index (χ0v) is 24.9. The van der Waals surface area contributed by atoms with Crippen molar-refractivity contribution in [3.63, 3.8) is 0 Å². The lowest BCUT2D eigenvalue weighted by atomic mass is 9.95. The second-order valence-electron chi connectivity index (χ2n) is 12.4. The van der Waals surface area contributed by atoms with Gasteiger partial charge >= 0.3 is 6.01 Å². The number of hydrogen-bond acceptors (Lipinski definition) is 8. The van der Waals surface area contributed by atoms with Gasteiger partial charge in [-0.2, -0.15) is 9.97 Å². The van der Waals surface area contributed by atoms with Crippen molar-refractivity contribution in [1.82, 2.24) is 14.9 Å². The number of ether oxygens (including phenoxy) is 2. The van der Waals surface area contributed by atoms with Crippen LogP contribution < -0.4 is 9.64 Å². The van der Waals surface area contributed by atoms with E-state index >= 15 is 4.39 Å². The molecule has 0 amide bonds. The van der Waals surface area contributed by atoms with Crippen molar-refractivity contribution >= 4 is 39.1 Å². The quantitative estimate of drug-likeness (QED) is 0.294. The Morgan fingerprint density at radius 2 is 1.98 bits per heavy atom. The number of halogens is 4. The van der Waals surface area contributed by atoms with E-state index in [0.717, 1.165) is 19.4 Å². The molecule has 2 N–H and O–H groups in total. The van der Waals surface area contributed by atoms with Crippen molar-refractivity contribution in [2.24, 2.45) is 0 Å². The monoisotopic (exact) mass is 628 g/mol. The van der Waals surface area contributed by atoms with Gasteiger partial charge in [0.1, 0.15) is 41.3 Å². The summed E-state index contributed by atoms with van der Waals surface area (Å²) in [7, 11) is 0. The third-order valence-corrected chi connectivity index (χ3v) is 9.40. The highest BCUT2D eigenvalue weighted by Gasteiger charge is 2.49. The third kappa shape index (κ3) is 5.09. The summed E-state index contributed by atoms with van der Waals surface area (Å²) >= 11 is 6.36. The number of aromatic hydroxyl groups is 1. The van der Waals surface area contributed by atoms with Crippen molar-refractivity contribution in [2.75, 3.05) is 50.9 Å². The van der Waals surface area contributed by atoms with Gasteiger partial charge in [0.15, 0.2) is 5.82 Å². The van der Waals surface area contributed by atoms with Crippen LogP contribution in [0.2, 0.25) is 5.02 Å². The molecule has 232 valence electrons. The van der Waals surface area contributed by atoms with Crippen LogP contribution >= 0.6 is 11.6 Å². The molecule has 0 unspecified atom stereocenters. The van der Waals surface area contributed by atoms with E-state index in [1.165, 1.54) is 30.3 Å². The van der Waals surface area contributed by atoms with Crippen LogP contribution in [-0.2, 0) is 4.74 Å².